The maximum atomic E-state index is 6.01. The molecule has 1 aromatic rings. The Morgan fingerprint density at radius 1 is 1.12 bits per heavy atom. The number of ether oxygens (including phenoxy) is 1. The number of allylic oxidation sites excluding steroid dienone is 4. The van der Waals surface area contributed by atoms with Crippen molar-refractivity contribution in [1.29, 1.82) is 0 Å². The Morgan fingerprint density at radius 3 is 2.48 bits per heavy atom. The van der Waals surface area contributed by atoms with Crippen molar-refractivity contribution in [1.82, 2.24) is 5.32 Å². The van der Waals surface area contributed by atoms with Crippen LogP contribution in [0.5, 0.6) is 0 Å². The van der Waals surface area contributed by atoms with E-state index in [0.717, 1.165) is 39.0 Å². The molecule has 2 nitrogen and oxygen atoms in total. The molecular formula is C23H35NO. The Bertz CT molecular complexity index is 596. The van der Waals surface area contributed by atoms with Gasteiger partial charge in [0.1, 0.15) is 0 Å². The van der Waals surface area contributed by atoms with Crippen LogP contribution in [0.3, 0.4) is 0 Å². The monoisotopic (exact) mass is 341 g/mol. The van der Waals surface area contributed by atoms with E-state index in [-0.39, 0.29) is 11.0 Å². The van der Waals surface area contributed by atoms with Crippen LogP contribution in [0.1, 0.15) is 59.4 Å². The second-order valence-electron chi connectivity index (χ2n) is 8.32. The summed E-state index contributed by atoms with van der Waals surface area (Å²) < 4.78 is 6.01. The largest absolute Gasteiger partial charge is 0.376 e. The summed E-state index contributed by atoms with van der Waals surface area (Å²) in [6, 6.07) is 10.6. The third-order valence-corrected chi connectivity index (χ3v) is 5.29. The van der Waals surface area contributed by atoms with Gasteiger partial charge in [0.05, 0.1) is 5.60 Å². The van der Waals surface area contributed by atoms with Crippen LogP contribution in [-0.4, -0.2) is 18.8 Å². The van der Waals surface area contributed by atoms with Crippen LogP contribution in [0, 0.1) is 5.41 Å². The zero-order valence-electron chi connectivity index (χ0n) is 16.7. The molecule has 0 aliphatic carbocycles. The van der Waals surface area contributed by atoms with E-state index in [1.54, 1.807) is 0 Å². The molecule has 1 saturated heterocycles. The fourth-order valence-electron chi connectivity index (χ4n) is 3.85. The molecule has 1 unspecified atom stereocenters. The van der Waals surface area contributed by atoms with Crippen LogP contribution in [0.15, 0.2) is 53.6 Å². The molecule has 1 aromatic carbocycles. The average molecular weight is 342 g/mol. The Kier molecular flexibility index (Phi) is 7.04. The third-order valence-electron chi connectivity index (χ3n) is 5.29. The van der Waals surface area contributed by atoms with Gasteiger partial charge >= 0.3 is 0 Å². The zero-order chi connectivity index (χ0) is 18.3. The van der Waals surface area contributed by atoms with Gasteiger partial charge in [0.2, 0.25) is 0 Å². The van der Waals surface area contributed by atoms with Gasteiger partial charge in [-0.25, -0.2) is 0 Å². The van der Waals surface area contributed by atoms with Gasteiger partial charge in [-0.1, -0.05) is 53.6 Å². The molecule has 1 fully saturated rings. The van der Waals surface area contributed by atoms with Crippen LogP contribution in [-0.2, 0) is 11.3 Å². The minimum atomic E-state index is -0.0439. The van der Waals surface area contributed by atoms with Gasteiger partial charge in [-0.15, -0.1) is 0 Å². The van der Waals surface area contributed by atoms with Crippen molar-refractivity contribution in [2.24, 2.45) is 5.41 Å². The summed E-state index contributed by atoms with van der Waals surface area (Å²) in [6.45, 7) is 13.9. The van der Waals surface area contributed by atoms with Crippen LogP contribution in [0.25, 0.3) is 0 Å². The summed E-state index contributed by atoms with van der Waals surface area (Å²) in [5.41, 5.74) is 4.38. The van der Waals surface area contributed by atoms with Crippen molar-refractivity contribution < 1.29 is 4.74 Å². The summed E-state index contributed by atoms with van der Waals surface area (Å²) >= 11 is 0. The number of hydrogen-bond acceptors (Lipinski definition) is 2. The predicted molar refractivity (Wildman–Crippen MR) is 108 cm³/mol. The standard InChI is InChI=1S/C23H35NO/c1-19(2)11-12-20(3)23(14-16-25-22(4,5)18-23)13-15-24-17-21-9-7-6-8-10-21/h6-12,24H,13-18H2,1-5H3/b20-12+. The average Bonchev–Trinajstić information content (AvgIpc) is 2.56. The van der Waals surface area contributed by atoms with Crippen molar-refractivity contribution in [3.63, 3.8) is 0 Å². The predicted octanol–water partition coefficient (Wildman–Crippen LogP) is 5.65. The Labute approximate surface area is 154 Å². The van der Waals surface area contributed by atoms with Crippen molar-refractivity contribution in [3.05, 3.63) is 59.2 Å². The Morgan fingerprint density at radius 2 is 1.84 bits per heavy atom. The zero-order valence-corrected chi connectivity index (χ0v) is 16.7. The molecule has 0 aromatic heterocycles. The fourth-order valence-corrected chi connectivity index (χ4v) is 3.85. The van der Waals surface area contributed by atoms with Crippen molar-refractivity contribution in [2.75, 3.05) is 13.2 Å². The topological polar surface area (TPSA) is 21.3 Å². The van der Waals surface area contributed by atoms with Crippen LogP contribution >= 0.6 is 0 Å². The highest BCUT2D eigenvalue weighted by atomic mass is 16.5. The minimum Gasteiger partial charge on any atom is -0.376 e. The van der Waals surface area contributed by atoms with Crippen LogP contribution in [0.2, 0.25) is 0 Å². The fraction of sp³-hybridized carbons (Fsp3) is 0.565. The molecule has 2 rings (SSSR count). The number of benzene rings is 1. The van der Waals surface area contributed by atoms with E-state index >= 15 is 0 Å². The third kappa shape index (κ3) is 6.13. The molecule has 0 saturated carbocycles. The summed E-state index contributed by atoms with van der Waals surface area (Å²) in [5.74, 6) is 0. The summed E-state index contributed by atoms with van der Waals surface area (Å²) in [5, 5.41) is 3.64. The first-order valence-electron chi connectivity index (χ1n) is 9.54. The van der Waals surface area contributed by atoms with Crippen LogP contribution < -0.4 is 5.32 Å². The van der Waals surface area contributed by atoms with Gasteiger partial charge < -0.3 is 10.1 Å². The molecule has 0 amide bonds. The SMILES string of the molecule is CC(C)=C/C=C(\C)C1(CCNCc2ccccc2)CCOC(C)(C)C1. The highest BCUT2D eigenvalue weighted by molar-refractivity contribution is 5.22. The molecule has 1 aliphatic heterocycles. The van der Waals surface area contributed by atoms with E-state index < -0.39 is 0 Å². The van der Waals surface area contributed by atoms with E-state index in [0.29, 0.717) is 0 Å². The number of hydrogen-bond donors (Lipinski definition) is 1. The maximum absolute atomic E-state index is 6.01. The van der Waals surface area contributed by atoms with E-state index in [1.165, 1.54) is 16.7 Å². The molecule has 0 radical (unpaired) electrons. The Hall–Kier alpha value is -1.38. The Balaban J connectivity index is 2.04. The molecule has 0 bridgehead atoms. The van der Waals surface area contributed by atoms with Crippen molar-refractivity contribution in [3.8, 4) is 0 Å². The first kappa shape index (κ1) is 19.9. The van der Waals surface area contributed by atoms with E-state index in [1.807, 2.05) is 0 Å². The van der Waals surface area contributed by atoms with Crippen LogP contribution in [0.4, 0.5) is 0 Å². The van der Waals surface area contributed by atoms with Crippen molar-refractivity contribution >= 4 is 0 Å². The van der Waals surface area contributed by atoms with Gasteiger partial charge in [-0.2, -0.15) is 0 Å². The highest BCUT2D eigenvalue weighted by Gasteiger charge is 2.41. The lowest BCUT2D eigenvalue weighted by Gasteiger charge is -2.46. The van der Waals surface area contributed by atoms with Gasteiger partial charge in [0, 0.05) is 13.2 Å². The highest BCUT2D eigenvalue weighted by Crippen LogP contribution is 2.46. The molecule has 0 spiro atoms. The van der Waals surface area contributed by atoms with E-state index in [9.17, 15) is 0 Å². The lowest BCUT2D eigenvalue weighted by Crippen LogP contribution is -2.43. The van der Waals surface area contributed by atoms with Gasteiger partial charge in [0.15, 0.2) is 0 Å². The van der Waals surface area contributed by atoms with Gasteiger partial charge in [0.25, 0.3) is 0 Å². The maximum Gasteiger partial charge on any atom is 0.0634 e. The summed E-state index contributed by atoms with van der Waals surface area (Å²) in [7, 11) is 0. The number of nitrogens with one attached hydrogen (secondary N) is 1. The molecule has 2 heteroatoms. The molecule has 1 heterocycles. The quantitative estimate of drug-likeness (QED) is 0.511. The van der Waals surface area contributed by atoms with Gasteiger partial charge in [-0.3, -0.25) is 0 Å². The normalized spacial score (nSPS) is 23.3. The van der Waals surface area contributed by atoms with Gasteiger partial charge in [-0.05, 0) is 71.4 Å². The summed E-state index contributed by atoms with van der Waals surface area (Å²) in [4.78, 5) is 0. The van der Waals surface area contributed by atoms with Crippen molar-refractivity contribution in [2.45, 2.75) is 66.0 Å². The molecular weight excluding hydrogens is 306 g/mol. The second kappa shape index (κ2) is 8.82. The summed E-state index contributed by atoms with van der Waals surface area (Å²) in [6.07, 6.45) is 7.94. The minimum absolute atomic E-state index is 0.0439. The smallest absolute Gasteiger partial charge is 0.0634 e. The van der Waals surface area contributed by atoms with E-state index in [2.05, 4.69) is 82.4 Å². The molecule has 25 heavy (non-hydrogen) atoms. The van der Waals surface area contributed by atoms with E-state index in [4.69, 9.17) is 4.74 Å². The molecule has 138 valence electrons. The molecule has 1 aliphatic rings. The molecule has 1 atom stereocenters. The number of rotatable bonds is 7. The first-order valence-corrected chi connectivity index (χ1v) is 9.54. The second-order valence-corrected chi connectivity index (χ2v) is 8.32. The lowest BCUT2D eigenvalue weighted by atomic mass is 9.67. The first-order chi connectivity index (χ1) is 11.8. The molecule has 1 N–H and O–H groups in total. The lowest BCUT2D eigenvalue weighted by molar-refractivity contribution is -0.0960.